The third kappa shape index (κ3) is 3.65. The molecule has 0 aromatic carbocycles. The Morgan fingerprint density at radius 3 is 2.87 bits per heavy atom. The summed E-state index contributed by atoms with van der Waals surface area (Å²) in [6.45, 7) is 4.39. The number of aromatic nitrogens is 2. The summed E-state index contributed by atoms with van der Waals surface area (Å²) in [5.41, 5.74) is 0.590. The molecule has 0 spiro atoms. The van der Waals surface area contributed by atoms with E-state index in [1.807, 2.05) is 13.8 Å². The van der Waals surface area contributed by atoms with E-state index in [0.29, 0.717) is 18.1 Å². The van der Waals surface area contributed by atoms with Crippen LogP contribution < -0.4 is 5.32 Å². The van der Waals surface area contributed by atoms with Crippen molar-refractivity contribution in [2.45, 2.75) is 38.8 Å². The molecule has 0 unspecified atom stereocenters. The Balaban J connectivity index is 2.18. The topological polar surface area (TPSA) is 87.3 Å². The van der Waals surface area contributed by atoms with E-state index >= 15 is 0 Å². The van der Waals surface area contributed by atoms with Crippen molar-refractivity contribution < 1.29 is 14.3 Å². The van der Waals surface area contributed by atoms with Gasteiger partial charge in [-0.2, -0.15) is 0 Å². The van der Waals surface area contributed by atoms with Gasteiger partial charge in [0.2, 0.25) is 5.91 Å². The highest BCUT2D eigenvalue weighted by Crippen LogP contribution is 2.31. The summed E-state index contributed by atoms with van der Waals surface area (Å²) < 4.78 is 4.61. The third-order valence-electron chi connectivity index (χ3n) is 3.99. The van der Waals surface area contributed by atoms with Gasteiger partial charge in [0.25, 0.3) is 0 Å². The van der Waals surface area contributed by atoms with Gasteiger partial charge in [0, 0.05) is 6.54 Å². The summed E-state index contributed by atoms with van der Waals surface area (Å²) in [5.74, 6) is 2.99. The van der Waals surface area contributed by atoms with Crippen LogP contribution in [-0.2, 0) is 9.53 Å². The molecular formula is C16H22N4O3. The van der Waals surface area contributed by atoms with Gasteiger partial charge < -0.3 is 19.9 Å². The van der Waals surface area contributed by atoms with E-state index in [4.69, 9.17) is 6.42 Å². The minimum atomic E-state index is -0.634. The molecule has 1 aromatic rings. The van der Waals surface area contributed by atoms with Crippen molar-refractivity contribution in [2.24, 2.45) is 5.92 Å². The molecule has 0 radical (unpaired) electrons. The zero-order valence-electron chi connectivity index (χ0n) is 13.6. The number of hydrogen-bond acceptors (Lipinski definition) is 4. The van der Waals surface area contributed by atoms with Gasteiger partial charge in [-0.15, -0.1) is 6.42 Å². The smallest absolute Gasteiger partial charge is 0.407 e. The lowest BCUT2D eigenvalue weighted by Gasteiger charge is -2.29. The number of carbonyl (C=O) groups is 2. The number of rotatable bonds is 4. The van der Waals surface area contributed by atoms with Crippen LogP contribution in [0.2, 0.25) is 0 Å². The normalized spacial score (nSPS) is 18.6. The van der Waals surface area contributed by atoms with Gasteiger partial charge >= 0.3 is 6.09 Å². The van der Waals surface area contributed by atoms with E-state index in [0.717, 1.165) is 12.8 Å². The van der Waals surface area contributed by atoms with Crippen molar-refractivity contribution in [3.63, 3.8) is 0 Å². The largest absolute Gasteiger partial charge is 0.453 e. The molecule has 2 atom stereocenters. The van der Waals surface area contributed by atoms with Crippen LogP contribution in [0, 0.1) is 18.3 Å². The standard InChI is InChI=1S/C16H22N4O3/c1-5-11-9-17-14(18-11)12-7-6-8-20(12)15(21)13(10(2)3)19-16(22)23-4/h1,9-10,12-13H,6-8H2,2-4H3,(H,17,18)(H,19,22)/t12-,13-/m0/s1. The van der Waals surface area contributed by atoms with E-state index < -0.39 is 12.1 Å². The zero-order chi connectivity index (χ0) is 17.0. The first-order valence-electron chi connectivity index (χ1n) is 7.64. The number of imidazole rings is 1. The molecule has 2 rings (SSSR count). The van der Waals surface area contributed by atoms with Crippen LogP contribution >= 0.6 is 0 Å². The summed E-state index contributed by atoms with van der Waals surface area (Å²) in [6.07, 6.45) is 8.02. The maximum absolute atomic E-state index is 12.9. The number of nitrogens with zero attached hydrogens (tertiary/aromatic N) is 2. The minimum absolute atomic E-state index is 0.0549. The molecule has 124 valence electrons. The number of carbonyl (C=O) groups excluding carboxylic acids is 2. The van der Waals surface area contributed by atoms with Gasteiger partial charge in [0.1, 0.15) is 17.6 Å². The molecule has 0 bridgehead atoms. The molecule has 7 nitrogen and oxygen atoms in total. The van der Waals surface area contributed by atoms with E-state index in [1.54, 1.807) is 11.1 Å². The van der Waals surface area contributed by atoms with Crippen molar-refractivity contribution in [3.8, 4) is 12.3 Å². The molecule has 0 aliphatic carbocycles. The molecule has 1 aromatic heterocycles. The van der Waals surface area contributed by atoms with Crippen LogP contribution in [0.4, 0.5) is 4.79 Å². The molecule has 2 N–H and O–H groups in total. The molecule has 1 saturated heterocycles. The van der Waals surface area contributed by atoms with Crippen LogP contribution in [0.5, 0.6) is 0 Å². The number of nitrogens with one attached hydrogen (secondary N) is 2. The van der Waals surface area contributed by atoms with Crippen molar-refractivity contribution in [2.75, 3.05) is 13.7 Å². The minimum Gasteiger partial charge on any atom is -0.453 e. The SMILES string of the molecule is C#Cc1cnc([C@@H]2CCCN2C(=O)[C@@H](NC(=O)OC)C(C)C)[nH]1. The van der Waals surface area contributed by atoms with Crippen LogP contribution in [0.15, 0.2) is 6.20 Å². The summed E-state index contributed by atoms with van der Waals surface area (Å²) in [6, 6.07) is -0.782. The lowest BCUT2D eigenvalue weighted by molar-refractivity contribution is -0.135. The summed E-state index contributed by atoms with van der Waals surface area (Å²) >= 11 is 0. The number of aromatic amines is 1. The van der Waals surface area contributed by atoms with E-state index in [-0.39, 0.29) is 17.9 Å². The first kappa shape index (κ1) is 16.9. The van der Waals surface area contributed by atoms with Crippen molar-refractivity contribution in [3.05, 3.63) is 17.7 Å². The fourth-order valence-electron chi connectivity index (χ4n) is 2.77. The number of alkyl carbamates (subject to hydrolysis) is 1. The van der Waals surface area contributed by atoms with Crippen molar-refractivity contribution >= 4 is 12.0 Å². The Morgan fingerprint density at radius 1 is 1.57 bits per heavy atom. The van der Waals surface area contributed by atoms with Crippen LogP contribution in [-0.4, -0.2) is 46.6 Å². The van der Waals surface area contributed by atoms with E-state index in [9.17, 15) is 9.59 Å². The number of terminal acetylenes is 1. The number of ether oxygens (including phenoxy) is 1. The predicted octanol–water partition coefficient (Wildman–Crippen LogP) is 1.44. The number of likely N-dealkylation sites (tertiary alicyclic amines) is 1. The fraction of sp³-hybridized carbons (Fsp3) is 0.562. The van der Waals surface area contributed by atoms with Gasteiger partial charge in [0.05, 0.1) is 19.3 Å². The summed E-state index contributed by atoms with van der Waals surface area (Å²) in [4.78, 5) is 33.5. The average molecular weight is 318 g/mol. The second-order valence-electron chi connectivity index (χ2n) is 5.87. The Hall–Kier alpha value is -2.49. The molecular weight excluding hydrogens is 296 g/mol. The van der Waals surface area contributed by atoms with Gasteiger partial charge in [0.15, 0.2) is 0 Å². The maximum atomic E-state index is 12.9. The lowest BCUT2D eigenvalue weighted by Crippen LogP contribution is -2.51. The molecule has 23 heavy (non-hydrogen) atoms. The van der Waals surface area contributed by atoms with Crippen LogP contribution in [0.3, 0.4) is 0 Å². The maximum Gasteiger partial charge on any atom is 0.407 e. The van der Waals surface area contributed by atoms with Crippen molar-refractivity contribution in [1.29, 1.82) is 0 Å². The zero-order valence-corrected chi connectivity index (χ0v) is 13.6. The quantitative estimate of drug-likeness (QED) is 0.822. The molecule has 7 heteroatoms. The average Bonchev–Trinajstić information content (AvgIpc) is 3.19. The first-order chi connectivity index (χ1) is 11.0. The Kier molecular flexibility index (Phi) is 5.27. The molecule has 2 heterocycles. The van der Waals surface area contributed by atoms with Crippen LogP contribution in [0.25, 0.3) is 0 Å². The third-order valence-corrected chi connectivity index (χ3v) is 3.99. The molecule has 1 aliphatic heterocycles. The Labute approximate surface area is 135 Å². The Morgan fingerprint density at radius 2 is 2.30 bits per heavy atom. The van der Waals surface area contributed by atoms with E-state index in [1.165, 1.54) is 7.11 Å². The molecule has 1 aliphatic rings. The number of amides is 2. The number of H-pyrrole nitrogens is 1. The molecule has 2 amide bonds. The van der Waals surface area contributed by atoms with Gasteiger partial charge in [-0.05, 0) is 18.8 Å². The van der Waals surface area contributed by atoms with Gasteiger partial charge in [-0.1, -0.05) is 19.8 Å². The summed E-state index contributed by atoms with van der Waals surface area (Å²) in [5, 5.41) is 2.62. The lowest BCUT2D eigenvalue weighted by atomic mass is 10.0. The monoisotopic (exact) mass is 318 g/mol. The highest BCUT2D eigenvalue weighted by atomic mass is 16.5. The molecule has 1 fully saturated rings. The second kappa shape index (κ2) is 7.18. The first-order valence-corrected chi connectivity index (χ1v) is 7.64. The second-order valence-corrected chi connectivity index (χ2v) is 5.87. The van der Waals surface area contributed by atoms with E-state index in [2.05, 4.69) is 25.9 Å². The fourth-order valence-corrected chi connectivity index (χ4v) is 2.77. The van der Waals surface area contributed by atoms with Gasteiger partial charge in [-0.25, -0.2) is 9.78 Å². The Bertz CT molecular complexity index is 617. The number of methoxy groups -OCH3 is 1. The summed E-state index contributed by atoms with van der Waals surface area (Å²) in [7, 11) is 1.28. The molecule has 0 saturated carbocycles. The highest BCUT2D eigenvalue weighted by Gasteiger charge is 2.37. The van der Waals surface area contributed by atoms with Crippen molar-refractivity contribution in [1.82, 2.24) is 20.2 Å². The predicted molar refractivity (Wildman–Crippen MR) is 84.4 cm³/mol. The van der Waals surface area contributed by atoms with Crippen LogP contribution in [0.1, 0.15) is 44.2 Å². The van der Waals surface area contributed by atoms with Gasteiger partial charge in [-0.3, -0.25) is 4.79 Å². The highest BCUT2D eigenvalue weighted by molar-refractivity contribution is 5.86. The number of hydrogen-bond donors (Lipinski definition) is 2.